The molecule has 0 fully saturated rings. The monoisotopic (exact) mass is 261 g/mol. The quantitative estimate of drug-likeness (QED) is 0.693. The summed E-state index contributed by atoms with van der Waals surface area (Å²) in [6.45, 7) is 0. The van der Waals surface area contributed by atoms with E-state index in [0.29, 0.717) is 16.8 Å². The van der Waals surface area contributed by atoms with Gasteiger partial charge in [-0.05, 0) is 18.2 Å². The van der Waals surface area contributed by atoms with E-state index in [1.165, 1.54) is 0 Å². The Hall–Kier alpha value is -3.06. The number of aromatic amines is 1. The Balaban J connectivity index is 2.07. The Kier molecular flexibility index (Phi) is 2.94. The van der Waals surface area contributed by atoms with E-state index < -0.39 is 0 Å². The van der Waals surface area contributed by atoms with Gasteiger partial charge in [-0.3, -0.25) is 4.99 Å². The minimum absolute atomic E-state index is 0.0735. The van der Waals surface area contributed by atoms with Gasteiger partial charge in [0.25, 0.3) is 0 Å². The highest BCUT2D eigenvalue weighted by atomic mass is 16.3. The lowest BCUT2D eigenvalue weighted by molar-refractivity contribution is 0.457. The average Bonchev–Trinajstić information content (AvgIpc) is 2.81. The lowest BCUT2D eigenvalue weighted by atomic mass is 10.2. The number of nitrogens with zero attached hydrogens (tertiary/aromatic N) is 2. The van der Waals surface area contributed by atoms with Crippen molar-refractivity contribution in [3.8, 4) is 11.9 Å². The molecule has 0 amide bonds. The molecular formula is C16H11N3O. The van der Waals surface area contributed by atoms with E-state index in [1.54, 1.807) is 24.4 Å². The standard InChI is InChI=1S/C16H11N3O/c17-9-11-5-1-3-7-14(11)18-10-13-12-6-2-4-8-15(12)19-16(13)20/h1-8,10,19-20H. The molecule has 2 N–H and O–H groups in total. The van der Waals surface area contributed by atoms with Crippen LogP contribution in [0.3, 0.4) is 0 Å². The second-order valence-electron chi connectivity index (χ2n) is 4.32. The molecule has 4 nitrogen and oxygen atoms in total. The molecule has 0 saturated heterocycles. The summed E-state index contributed by atoms with van der Waals surface area (Å²) < 4.78 is 0. The van der Waals surface area contributed by atoms with E-state index in [0.717, 1.165) is 10.9 Å². The maximum Gasteiger partial charge on any atom is 0.198 e. The van der Waals surface area contributed by atoms with E-state index in [9.17, 15) is 5.11 Å². The van der Waals surface area contributed by atoms with Crippen LogP contribution < -0.4 is 0 Å². The van der Waals surface area contributed by atoms with E-state index in [2.05, 4.69) is 16.0 Å². The third-order valence-corrected chi connectivity index (χ3v) is 3.08. The molecule has 1 heterocycles. The van der Waals surface area contributed by atoms with Crippen LogP contribution in [0.2, 0.25) is 0 Å². The van der Waals surface area contributed by atoms with Crippen molar-refractivity contribution in [2.45, 2.75) is 0 Å². The van der Waals surface area contributed by atoms with Gasteiger partial charge in [-0.1, -0.05) is 30.3 Å². The lowest BCUT2D eigenvalue weighted by Gasteiger charge is -1.96. The Morgan fingerprint density at radius 2 is 1.85 bits per heavy atom. The van der Waals surface area contributed by atoms with Crippen molar-refractivity contribution in [2.75, 3.05) is 0 Å². The van der Waals surface area contributed by atoms with E-state index in [4.69, 9.17) is 5.26 Å². The molecule has 0 aliphatic rings. The van der Waals surface area contributed by atoms with Crippen molar-refractivity contribution in [3.05, 3.63) is 59.7 Å². The maximum absolute atomic E-state index is 9.93. The Morgan fingerprint density at radius 1 is 1.10 bits per heavy atom. The molecule has 20 heavy (non-hydrogen) atoms. The molecule has 0 radical (unpaired) electrons. The molecule has 3 aromatic rings. The number of para-hydroxylation sites is 2. The number of aromatic hydroxyl groups is 1. The molecule has 0 saturated carbocycles. The molecular weight excluding hydrogens is 250 g/mol. The van der Waals surface area contributed by atoms with Crippen LogP contribution in [0.1, 0.15) is 11.1 Å². The zero-order valence-electron chi connectivity index (χ0n) is 10.5. The normalized spacial score (nSPS) is 10.9. The fourth-order valence-corrected chi connectivity index (χ4v) is 2.09. The third kappa shape index (κ3) is 2.02. The molecule has 0 spiro atoms. The summed E-state index contributed by atoms with van der Waals surface area (Å²) in [6, 6.07) is 16.8. The second kappa shape index (κ2) is 4.90. The summed E-state index contributed by atoms with van der Waals surface area (Å²) >= 11 is 0. The number of aliphatic imine (C=N–C) groups is 1. The van der Waals surface area contributed by atoms with Crippen LogP contribution >= 0.6 is 0 Å². The number of nitrogens with one attached hydrogen (secondary N) is 1. The molecule has 2 aromatic carbocycles. The van der Waals surface area contributed by atoms with Crippen LogP contribution in [0, 0.1) is 11.3 Å². The molecule has 3 rings (SSSR count). The molecule has 0 bridgehead atoms. The first-order valence-electron chi connectivity index (χ1n) is 6.12. The predicted octanol–water partition coefficient (Wildman–Crippen LogP) is 3.50. The molecule has 96 valence electrons. The zero-order valence-corrected chi connectivity index (χ0v) is 10.5. The first-order valence-corrected chi connectivity index (χ1v) is 6.12. The minimum Gasteiger partial charge on any atom is -0.494 e. The number of hydrogen-bond acceptors (Lipinski definition) is 3. The number of hydrogen-bond donors (Lipinski definition) is 2. The SMILES string of the molecule is N#Cc1ccccc1N=Cc1c(O)[nH]c2ccccc12. The second-order valence-corrected chi connectivity index (χ2v) is 4.32. The fraction of sp³-hybridized carbons (Fsp3) is 0. The first kappa shape index (κ1) is 12.0. The van der Waals surface area contributed by atoms with Crippen molar-refractivity contribution in [1.29, 1.82) is 5.26 Å². The largest absolute Gasteiger partial charge is 0.494 e. The van der Waals surface area contributed by atoms with Gasteiger partial charge >= 0.3 is 0 Å². The van der Waals surface area contributed by atoms with E-state index in [1.807, 2.05) is 30.3 Å². The number of aromatic nitrogens is 1. The van der Waals surface area contributed by atoms with Crippen molar-refractivity contribution in [3.63, 3.8) is 0 Å². The molecule has 0 atom stereocenters. The zero-order chi connectivity index (χ0) is 13.9. The Bertz CT molecular complexity index is 840. The summed E-state index contributed by atoms with van der Waals surface area (Å²) in [5, 5.41) is 19.8. The smallest absolute Gasteiger partial charge is 0.198 e. The van der Waals surface area contributed by atoms with Crippen molar-refractivity contribution in [1.82, 2.24) is 4.98 Å². The number of fused-ring (bicyclic) bond motifs is 1. The van der Waals surface area contributed by atoms with Gasteiger partial charge in [0, 0.05) is 17.1 Å². The molecule has 0 aliphatic heterocycles. The summed E-state index contributed by atoms with van der Waals surface area (Å²) in [5.41, 5.74) is 2.55. The van der Waals surface area contributed by atoms with Gasteiger partial charge in [0.15, 0.2) is 5.88 Å². The van der Waals surface area contributed by atoms with Gasteiger partial charge in [-0.25, -0.2) is 0 Å². The number of H-pyrrole nitrogens is 1. The van der Waals surface area contributed by atoms with Crippen molar-refractivity contribution in [2.24, 2.45) is 4.99 Å². The van der Waals surface area contributed by atoms with Crippen LogP contribution in [-0.2, 0) is 0 Å². The van der Waals surface area contributed by atoms with Crippen molar-refractivity contribution < 1.29 is 5.11 Å². The highest BCUT2D eigenvalue weighted by Crippen LogP contribution is 2.26. The highest BCUT2D eigenvalue weighted by molar-refractivity contribution is 6.02. The first-order chi connectivity index (χ1) is 9.79. The molecule has 1 aromatic heterocycles. The summed E-state index contributed by atoms with van der Waals surface area (Å²) in [5.74, 6) is 0.0735. The van der Waals surface area contributed by atoms with Crippen molar-refractivity contribution >= 4 is 22.8 Å². The number of nitriles is 1. The summed E-state index contributed by atoms with van der Waals surface area (Å²) in [4.78, 5) is 7.19. The third-order valence-electron chi connectivity index (χ3n) is 3.08. The highest BCUT2D eigenvalue weighted by Gasteiger charge is 2.08. The van der Waals surface area contributed by atoms with Gasteiger partial charge in [-0.2, -0.15) is 5.26 Å². The number of rotatable bonds is 2. The van der Waals surface area contributed by atoms with Crippen LogP contribution in [-0.4, -0.2) is 16.3 Å². The van der Waals surface area contributed by atoms with Crippen LogP contribution in [0.25, 0.3) is 10.9 Å². The van der Waals surface area contributed by atoms with Gasteiger partial charge in [0.05, 0.1) is 16.8 Å². The fourth-order valence-electron chi connectivity index (χ4n) is 2.09. The average molecular weight is 261 g/mol. The maximum atomic E-state index is 9.93. The Labute approximate surface area is 115 Å². The minimum atomic E-state index is 0.0735. The topological polar surface area (TPSA) is 72.2 Å². The lowest BCUT2D eigenvalue weighted by Crippen LogP contribution is -1.81. The van der Waals surface area contributed by atoms with Crippen LogP contribution in [0.4, 0.5) is 5.69 Å². The van der Waals surface area contributed by atoms with Crippen LogP contribution in [0.15, 0.2) is 53.5 Å². The van der Waals surface area contributed by atoms with E-state index >= 15 is 0 Å². The molecule has 0 unspecified atom stereocenters. The number of benzene rings is 2. The van der Waals surface area contributed by atoms with Gasteiger partial charge in [0.2, 0.25) is 0 Å². The van der Waals surface area contributed by atoms with Crippen LogP contribution in [0.5, 0.6) is 5.88 Å². The summed E-state index contributed by atoms with van der Waals surface area (Å²) in [6.07, 6.45) is 1.57. The Morgan fingerprint density at radius 3 is 2.70 bits per heavy atom. The van der Waals surface area contributed by atoms with E-state index in [-0.39, 0.29) is 5.88 Å². The molecule has 4 heteroatoms. The molecule has 0 aliphatic carbocycles. The van der Waals surface area contributed by atoms with Gasteiger partial charge < -0.3 is 10.1 Å². The van der Waals surface area contributed by atoms with Gasteiger partial charge in [0.1, 0.15) is 6.07 Å². The summed E-state index contributed by atoms with van der Waals surface area (Å²) in [7, 11) is 0. The predicted molar refractivity (Wildman–Crippen MR) is 78.4 cm³/mol. The van der Waals surface area contributed by atoms with Gasteiger partial charge in [-0.15, -0.1) is 0 Å².